The molecule has 6 heteroatoms. The zero-order valence-corrected chi connectivity index (χ0v) is 18.3. The summed E-state index contributed by atoms with van der Waals surface area (Å²) in [5.41, 5.74) is 0.924. The summed E-state index contributed by atoms with van der Waals surface area (Å²) >= 11 is 1.66. The zero-order valence-electron chi connectivity index (χ0n) is 17.5. The lowest BCUT2D eigenvalue weighted by Crippen LogP contribution is -2.48. The second kappa shape index (κ2) is 10.6. The summed E-state index contributed by atoms with van der Waals surface area (Å²) in [4.78, 5) is 18.5. The molecule has 2 unspecified atom stereocenters. The van der Waals surface area contributed by atoms with Gasteiger partial charge in [-0.25, -0.2) is 0 Å². The number of ether oxygens (including phenoxy) is 1. The number of rotatable bonds is 7. The van der Waals surface area contributed by atoms with E-state index in [0.29, 0.717) is 18.6 Å². The fraction of sp³-hybridized carbons (Fsp3) is 0.682. The van der Waals surface area contributed by atoms with Crippen LogP contribution >= 0.6 is 11.8 Å². The minimum absolute atomic E-state index is 0.111. The number of amides is 1. The molecule has 2 fully saturated rings. The van der Waals surface area contributed by atoms with Crippen molar-refractivity contribution in [2.24, 2.45) is 5.92 Å². The molecule has 2 heterocycles. The molecule has 0 bridgehead atoms. The van der Waals surface area contributed by atoms with Crippen molar-refractivity contribution in [2.75, 3.05) is 50.8 Å². The fourth-order valence-corrected chi connectivity index (χ4v) is 4.97. The molecule has 5 nitrogen and oxygen atoms in total. The van der Waals surface area contributed by atoms with Crippen LogP contribution in [0.4, 0.5) is 5.69 Å². The van der Waals surface area contributed by atoms with Crippen LogP contribution in [-0.2, 0) is 9.53 Å². The van der Waals surface area contributed by atoms with Crippen LogP contribution in [0.5, 0.6) is 0 Å². The lowest BCUT2D eigenvalue weighted by Gasteiger charge is -2.39. The standard InChI is InChI=1S/C22H35N3O2S/c1-17-14-25(15-18(2)27-17)16-19-8-11-24(12-9-19)13-10-22(26)23-20-6-4-5-7-21(20)28-3/h4-7,17-19H,8-16H2,1-3H3,(H,23,26). The number of benzene rings is 1. The van der Waals surface area contributed by atoms with E-state index in [-0.39, 0.29) is 5.91 Å². The Morgan fingerprint density at radius 3 is 2.50 bits per heavy atom. The summed E-state index contributed by atoms with van der Waals surface area (Å²) in [7, 11) is 0. The molecule has 0 radical (unpaired) electrons. The third-order valence-corrected chi connectivity index (χ3v) is 6.55. The Kier molecular flexibility index (Phi) is 8.21. The van der Waals surface area contributed by atoms with Gasteiger partial charge in [0.05, 0.1) is 17.9 Å². The highest BCUT2D eigenvalue weighted by molar-refractivity contribution is 7.98. The molecule has 0 aromatic heterocycles. The molecule has 2 aliphatic rings. The van der Waals surface area contributed by atoms with Gasteiger partial charge in [0.25, 0.3) is 0 Å². The van der Waals surface area contributed by atoms with Crippen molar-refractivity contribution >= 4 is 23.4 Å². The molecule has 2 saturated heterocycles. The topological polar surface area (TPSA) is 44.8 Å². The summed E-state index contributed by atoms with van der Waals surface area (Å²) in [6.45, 7) is 10.7. The molecule has 1 aromatic carbocycles. The smallest absolute Gasteiger partial charge is 0.225 e. The van der Waals surface area contributed by atoms with E-state index in [4.69, 9.17) is 4.74 Å². The number of piperidine rings is 1. The molecular weight excluding hydrogens is 370 g/mol. The van der Waals surface area contributed by atoms with Crippen molar-refractivity contribution in [1.29, 1.82) is 0 Å². The quantitative estimate of drug-likeness (QED) is 0.703. The van der Waals surface area contributed by atoms with Crippen molar-refractivity contribution in [2.45, 2.75) is 50.2 Å². The lowest BCUT2D eigenvalue weighted by atomic mass is 9.95. The number of hydrogen-bond donors (Lipinski definition) is 1. The van der Waals surface area contributed by atoms with Crippen molar-refractivity contribution in [3.05, 3.63) is 24.3 Å². The second-order valence-corrected chi connectivity index (χ2v) is 9.11. The van der Waals surface area contributed by atoms with Crippen LogP contribution in [0.15, 0.2) is 29.2 Å². The minimum atomic E-state index is 0.111. The molecule has 1 N–H and O–H groups in total. The molecule has 0 spiro atoms. The van der Waals surface area contributed by atoms with Gasteiger partial charge in [-0.3, -0.25) is 9.69 Å². The predicted octanol–water partition coefficient (Wildman–Crippen LogP) is 3.56. The van der Waals surface area contributed by atoms with Gasteiger partial charge in [-0.05, 0) is 64.1 Å². The second-order valence-electron chi connectivity index (χ2n) is 8.26. The highest BCUT2D eigenvalue weighted by Gasteiger charge is 2.26. The molecule has 1 amide bonds. The monoisotopic (exact) mass is 405 g/mol. The average molecular weight is 406 g/mol. The highest BCUT2D eigenvalue weighted by Crippen LogP contribution is 2.25. The van der Waals surface area contributed by atoms with Crippen LogP contribution in [-0.4, -0.2) is 73.4 Å². The van der Waals surface area contributed by atoms with Gasteiger partial charge in [0.2, 0.25) is 5.91 Å². The number of likely N-dealkylation sites (tertiary alicyclic amines) is 1. The molecule has 0 aliphatic carbocycles. The largest absolute Gasteiger partial charge is 0.373 e. The number of carbonyl (C=O) groups excluding carboxylic acids is 1. The molecular formula is C22H35N3O2S. The van der Waals surface area contributed by atoms with Crippen molar-refractivity contribution in [3.8, 4) is 0 Å². The number of para-hydroxylation sites is 1. The van der Waals surface area contributed by atoms with Gasteiger partial charge in [-0.2, -0.15) is 0 Å². The molecule has 2 atom stereocenters. The number of nitrogens with one attached hydrogen (secondary N) is 1. The van der Waals surface area contributed by atoms with Gasteiger partial charge in [-0.15, -0.1) is 11.8 Å². The highest BCUT2D eigenvalue weighted by atomic mass is 32.2. The van der Waals surface area contributed by atoms with E-state index < -0.39 is 0 Å². The predicted molar refractivity (Wildman–Crippen MR) is 117 cm³/mol. The SMILES string of the molecule is CSc1ccccc1NC(=O)CCN1CCC(CN2CC(C)OC(C)C2)CC1. The minimum Gasteiger partial charge on any atom is -0.373 e. The van der Waals surface area contributed by atoms with E-state index in [0.717, 1.165) is 49.2 Å². The summed E-state index contributed by atoms with van der Waals surface area (Å²) in [6.07, 6.45) is 5.75. The molecule has 3 rings (SSSR count). The number of morpholine rings is 1. The first kappa shape index (κ1) is 21.6. The number of nitrogens with zero attached hydrogens (tertiary/aromatic N) is 2. The molecule has 156 valence electrons. The maximum absolute atomic E-state index is 12.3. The zero-order chi connectivity index (χ0) is 19.9. The lowest BCUT2D eigenvalue weighted by molar-refractivity contribution is -0.116. The van der Waals surface area contributed by atoms with Gasteiger partial charge < -0.3 is 15.0 Å². The summed E-state index contributed by atoms with van der Waals surface area (Å²) in [5.74, 6) is 0.885. The third kappa shape index (κ3) is 6.48. The van der Waals surface area contributed by atoms with Crippen molar-refractivity contribution in [1.82, 2.24) is 9.80 Å². The van der Waals surface area contributed by atoms with E-state index in [1.54, 1.807) is 11.8 Å². The number of thioether (sulfide) groups is 1. The Hall–Kier alpha value is -1.08. The number of hydrogen-bond acceptors (Lipinski definition) is 5. The van der Waals surface area contributed by atoms with Crippen LogP contribution in [0, 0.1) is 5.92 Å². The van der Waals surface area contributed by atoms with Crippen LogP contribution in [0.2, 0.25) is 0 Å². The maximum Gasteiger partial charge on any atom is 0.225 e. The van der Waals surface area contributed by atoms with Crippen molar-refractivity contribution < 1.29 is 9.53 Å². The maximum atomic E-state index is 12.3. The van der Waals surface area contributed by atoms with Crippen LogP contribution < -0.4 is 5.32 Å². The van der Waals surface area contributed by atoms with E-state index >= 15 is 0 Å². The fourth-order valence-electron chi connectivity index (χ4n) is 4.41. The summed E-state index contributed by atoms with van der Waals surface area (Å²) in [6, 6.07) is 7.99. The molecule has 1 aromatic rings. The first-order valence-corrected chi connectivity index (χ1v) is 11.8. The Balaban J connectivity index is 1.36. The Bertz CT molecular complexity index is 624. The number of carbonyl (C=O) groups is 1. The normalized spacial score (nSPS) is 25.0. The first-order chi connectivity index (χ1) is 13.5. The van der Waals surface area contributed by atoms with E-state index in [2.05, 4.69) is 29.0 Å². The Labute approximate surface area is 174 Å². The van der Waals surface area contributed by atoms with Gasteiger partial charge in [0.1, 0.15) is 0 Å². The Morgan fingerprint density at radius 2 is 1.82 bits per heavy atom. The third-order valence-electron chi connectivity index (χ3n) is 5.75. The summed E-state index contributed by atoms with van der Waals surface area (Å²) < 4.78 is 5.84. The van der Waals surface area contributed by atoms with Gasteiger partial charge in [0, 0.05) is 37.5 Å². The average Bonchev–Trinajstić information content (AvgIpc) is 2.67. The summed E-state index contributed by atoms with van der Waals surface area (Å²) in [5, 5.41) is 3.07. The van der Waals surface area contributed by atoms with Crippen LogP contribution in [0.25, 0.3) is 0 Å². The van der Waals surface area contributed by atoms with Gasteiger partial charge >= 0.3 is 0 Å². The van der Waals surface area contributed by atoms with E-state index in [9.17, 15) is 4.79 Å². The Morgan fingerprint density at radius 1 is 1.14 bits per heavy atom. The number of anilines is 1. The molecule has 0 saturated carbocycles. The van der Waals surface area contributed by atoms with Crippen LogP contribution in [0.1, 0.15) is 33.1 Å². The molecule has 2 aliphatic heterocycles. The first-order valence-electron chi connectivity index (χ1n) is 10.6. The van der Waals surface area contributed by atoms with E-state index in [1.807, 2.05) is 30.5 Å². The van der Waals surface area contributed by atoms with E-state index in [1.165, 1.54) is 19.4 Å². The van der Waals surface area contributed by atoms with Gasteiger partial charge in [0.15, 0.2) is 0 Å². The van der Waals surface area contributed by atoms with Gasteiger partial charge in [-0.1, -0.05) is 12.1 Å². The van der Waals surface area contributed by atoms with Crippen molar-refractivity contribution in [3.63, 3.8) is 0 Å². The molecule has 28 heavy (non-hydrogen) atoms. The van der Waals surface area contributed by atoms with Crippen LogP contribution in [0.3, 0.4) is 0 Å².